The van der Waals surface area contributed by atoms with Gasteiger partial charge in [-0.3, -0.25) is 57.5 Å². The fraction of sp³-hybridized carbons (Fsp3) is 0.489. The highest BCUT2D eigenvalue weighted by atomic mass is 16.5. The minimum Gasteiger partial charge on any atom is -0.481 e. The van der Waals surface area contributed by atoms with Gasteiger partial charge in [-0.15, -0.1) is 0 Å². The number of benzene rings is 2. The number of Topliss-reactive ketones (excluding diaryl/α,β-unsaturated/α-hetero) is 1. The second-order valence-electron chi connectivity index (χ2n) is 16.9. The monoisotopic (exact) mass is 996 g/mol. The van der Waals surface area contributed by atoms with Gasteiger partial charge < -0.3 is 62.2 Å². The van der Waals surface area contributed by atoms with Crippen LogP contribution in [-0.2, 0) is 52.7 Å². The summed E-state index contributed by atoms with van der Waals surface area (Å²) in [6, 6.07) is 7.69. The quantitative estimate of drug-likeness (QED) is 0.0448. The number of aliphatic carboxylic acids is 3. The van der Waals surface area contributed by atoms with Crippen molar-refractivity contribution in [1.82, 2.24) is 42.1 Å². The average molecular weight is 997 g/mol. The number of ketones is 1. The SMILES string of the molecule is CCC[C@H](NC(=O)CN(CCNC(=O)c1cccc(Oc2ccccc2)c1)C(=O)[C@@H](NC(=O)[C@@H](NC(=O)[C@H](CCC(=O)O)NC(=O)[C@H](CCC(=O)O)NC(C)=O)C(C)C)C(C)C)C(=O)C(=O)NCC(=O)O. The van der Waals surface area contributed by atoms with Gasteiger partial charge in [0.2, 0.25) is 41.2 Å². The summed E-state index contributed by atoms with van der Waals surface area (Å²) in [6.45, 7) is 6.69. The Balaban J connectivity index is 2.43. The minimum atomic E-state index is -1.61. The predicted molar refractivity (Wildman–Crippen MR) is 251 cm³/mol. The van der Waals surface area contributed by atoms with Crippen LogP contribution in [0.5, 0.6) is 11.5 Å². The van der Waals surface area contributed by atoms with Crippen LogP contribution in [0.3, 0.4) is 0 Å². The molecule has 2 aromatic rings. The van der Waals surface area contributed by atoms with E-state index in [1.165, 1.54) is 12.1 Å². The van der Waals surface area contributed by atoms with E-state index in [2.05, 4.69) is 31.9 Å². The second kappa shape index (κ2) is 29.9. The number of amides is 8. The molecule has 5 atom stereocenters. The number of carboxylic acids is 3. The van der Waals surface area contributed by atoms with Gasteiger partial charge in [-0.25, -0.2) is 0 Å². The molecule has 0 heterocycles. The zero-order valence-electron chi connectivity index (χ0n) is 40.4. The molecule has 0 unspecified atom stereocenters. The summed E-state index contributed by atoms with van der Waals surface area (Å²) in [5, 5.41) is 44.2. The third-order valence-electron chi connectivity index (χ3n) is 10.3. The molecule has 8 amide bonds. The van der Waals surface area contributed by atoms with Crippen molar-refractivity contribution in [3.05, 3.63) is 60.2 Å². The Morgan fingerprint density at radius 2 is 1.17 bits per heavy atom. The van der Waals surface area contributed by atoms with Crippen LogP contribution in [-0.4, -0.2) is 148 Å². The fourth-order valence-electron chi connectivity index (χ4n) is 6.70. The Hall–Kier alpha value is -7.92. The van der Waals surface area contributed by atoms with Crippen molar-refractivity contribution in [2.45, 2.75) is 110 Å². The lowest BCUT2D eigenvalue weighted by atomic mass is 9.98. The van der Waals surface area contributed by atoms with Gasteiger partial charge in [0.05, 0.1) is 12.6 Å². The molecule has 2 rings (SSSR count). The molecule has 24 nitrogen and oxygen atoms in total. The van der Waals surface area contributed by atoms with Gasteiger partial charge in [0.15, 0.2) is 0 Å². The standard InChI is InChI=1S/C47H64N8O16/c1-7-12-32(41(64)46(69)49-24-38(62)63)51-35(57)25-55(22-21-48-42(65)29-13-11-16-31(23-29)71-30-14-9-8-10-15-30)47(70)40(27(4)5)54-45(68)39(26(2)3)53-44(67)34(18-20-37(60)61)52-43(66)33(50-28(6)56)17-19-36(58)59/h8-11,13-16,23,26-27,32-34,39-40H,7,12,17-22,24-25H2,1-6H3,(H,48,65)(H,49,69)(H,50,56)(H,51,57)(H,52,66)(H,53,67)(H,54,68)(H,58,59)(H,60,61)(H,62,63)/t32-,33-,34-,39-,40-/m0/s1. The van der Waals surface area contributed by atoms with Crippen molar-refractivity contribution in [1.29, 1.82) is 0 Å². The van der Waals surface area contributed by atoms with Crippen molar-refractivity contribution in [3.63, 3.8) is 0 Å². The van der Waals surface area contributed by atoms with Crippen molar-refractivity contribution in [3.8, 4) is 11.5 Å². The van der Waals surface area contributed by atoms with Crippen LogP contribution >= 0.6 is 0 Å². The highest BCUT2D eigenvalue weighted by Gasteiger charge is 2.36. The third kappa shape index (κ3) is 21.5. The van der Waals surface area contributed by atoms with Crippen LogP contribution in [0.15, 0.2) is 54.6 Å². The number of carboxylic acid groups (broad SMARTS) is 3. The van der Waals surface area contributed by atoms with Gasteiger partial charge in [0, 0.05) is 38.4 Å². The molecule has 24 heteroatoms. The summed E-state index contributed by atoms with van der Waals surface area (Å²) in [5.41, 5.74) is 0.181. The number of rotatable bonds is 31. The van der Waals surface area contributed by atoms with Gasteiger partial charge in [0.1, 0.15) is 42.2 Å². The maximum Gasteiger partial charge on any atom is 0.322 e. The topological polar surface area (TPSA) is 362 Å². The maximum atomic E-state index is 14.5. The van der Waals surface area contributed by atoms with Gasteiger partial charge in [-0.2, -0.15) is 0 Å². The Morgan fingerprint density at radius 1 is 0.606 bits per heavy atom. The number of carbonyl (C=O) groups excluding carboxylic acids is 9. The van der Waals surface area contributed by atoms with Crippen molar-refractivity contribution in [2.24, 2.45) is 11.8 Å². The van der Waals surface area contributed by atoms with Crippen LogP contribution in [0.4, 0.5) is 0 Å². The Bertz CT molecular complexity index is 2240. The number of para-hydroxylation sites is 1. The third-order valence-corrected chi connectivity index (χ3v) is 10.3. The average Bonchev–Trinajstić information content (AvgIpc) is 3.30. The molecule has 10 N–H and O–H groups in total. The van der Waals surface area contributed by atoms with Crippen molar-refractivity contribution in [2.75, 3.05) is 26.2 Å². The largest absolute Gasteiger partial charge is 0.481 e. The van der Waals surface area contributed by atoms with E-state index in [9.17, 15) is 62.6 Å². The van der Waals surface area contributed by atoms with Crippen LogP contribution < -0.4 is 42.0 Å². The molecule has 0 aromatic heterocycles. The van der Waals surface area contributed by atoms with E-state index in [1.54, 1.807) is 77.1 Å². The number of carbonyl (C=O) groups is 12. The van der Waals surface area contributed by atoms with E-state index in [0.717, 1.165) is 11.8 Å². The summed E-state index contributed by atoms with van der Waals surface area (Å²) >= 11 is 0. The van der Waals surface area contributed by atoms with E-state index < -0.39 is 145 Å². The molecule has 71 heavy (non-hydrogen) atoms. The van der Waals surface area contributed by atoms with E-state index in [1.807, 2.05) is 5.32 Å². The zero-order valence-corrected chi connectivity index (χ0v) is 40.4. The summed E-state index contributed by atoms with van der Waals surface area (Å²) in [7, 11) is 0. The first-order valence-electron chi connectivity index (χ1n) is 22.8. The van der Waals surface area contributed by atoms with Gasteiger partial charge >= 0.3 is 17.9 Å². The minimum absolute atomic E-state index is 0.0451. The smallest absolute Gasteiger partial charge is 0.322 e. The molecule has 2 aromatic carbocycles. The molecule has 0 bridgehead atoms. The molecule has 0 saturated heterocycles. The molecular weight excluding hydrogens is 933 g/mol. The number of nitrogens with zero attached hydrogens (tertiary/aromatic N) is 1. The highest BCUT2D eigenvalue weighted by molar-refractivity contribution is 6.38. The molecule has 0 saturated carbocycles. The van der Waals surface area contributed by atoms with Crippen LogP contribution in [0, 0.1) is 11.8 Å². The van der Waals surface area contributed by atoms with Gasteiger partial charge in [-0.1, -0.05) is 65.3 Å². The normalized spacial score (nSPS) is 12.9. The Morgan fingerprint density at radius 3 is 1.72 bits per heavy atom. The lowest BCUT2D eigenvalue weighted by molar-refractivity contribution is -0.143. The molecule has 0 aliphatic heterocycles. The Kier molecular flexibility index (Phi) is 24.9. The molecule has 388 valence electrons. The molecule has 0 aliphatic rings. The number of nitrogens with one attached hydrogen (secondary N) is 7. The van der Waals surface area contributed by atoms with Crippen molar-refractivity contribution < 1.29 is 77.6 Å². The van der Waals surface area contributed by atoms with Crippen LogP contribution in [0.25, 0.3) is 0 Å². The van der Waals surface area contributed by atoms with Crippen LogP contribution in [0.2, 0.25) is 0 Å². The maximum absolute atomic E-state index is 14.5. The Labute approximate surface area is 409 Å². The number of hydrogen-bond donors (Lipinski definition) is 10. The van der Waals surface area contributed by atoms with E-state index in [4.69, 9.17) is 14.9 Å². The van der Waals surface area contributed by atoms with E-state index in [-0.39, 0.29) is 31.5 Å². The van der Waals surface area contributed by atoms with Gasteiger partial charge in [-0.05, 0) is 61.4 Å². The molecule has 0 fully saturated rings. The number of ether oxygens (including phenoxy) is 1. The first-order valence-corrected chi connectivity index (χ1v) is 22.8. The van der Waals surface area contributed by atoms with Crippen LogP contribution in [0.1, 0.15) is 90.4 Å². The lowest BCUT2D eigenvalue weighted by Gasteiger charge is -2.32. The zero-order chi connectivity index (χ0) is 53.4. The van der Waals surface area contributed by atoms with Crippen molar-refractivity contribution >= 4 is 70.9 Å². The highest BCUT2D eigenvalue weighted by Crippen LogP contribution is 2.22. The first-order chi connectivity index (χ1) is 33.4. The summed E-state index contributed by atoms with van der Waals surface area (Å²) in [6.07, 6.45) is -1.79. The summed E-state index contributed by atoms with van der Waals surface area (Å²) in [5.74, 6) is -13.0. The van der Waals surface area contributed by atoms with E-state index >= 15 is 0 Å². The van der Waals surface area contributed by atoms with E-state index in [0.29, 0.717) is 17.9 Å². The summed E-state index contributed by atoms with van der Waals surface area (Å²) in [4.78, 5) is 155. The molecular formula is C47H64N8O16. The second-order valence-corrected chi connectivity index (χ2v) is 16.9. The predicted octanol–water partition coefficient (Wildman–Crippen LogP) is 0.0928. The first kappa shape index (κ1) is 59.2. The summed E-state index contributed by atoms with van der Waals surface area (Å²) < 4.78 is 5.83. The fourth-order valence-corrected chi connectivity index (χ4v) is 6.70. The molecule has 0 radical (unpaired) electrons. The van der Waals surface area contributed by atoms with Gasteiger partial charge in [0.25, 0.3) is 11.8 Å². The molecule has 0 spiro atoms. The molecule has 0 aliphatic carbocycles. The lowest BCUT2D eigenvalue weighted by Crippen LogP contribution is -2.61. The number of hydrogen-bond acceptors (Lipinski definition) is 13.